The van der Waals surface area contributed by atoms with E-state index in [1.54, 1.807) is 18.7 Å². The van der Waals surface area contributed by atoms with Crippen LogP contribution in [0, 0.1) is 5.41 Å². The molecule has 0 atom stereocenters. The summed E-state index contributed by atoms with van der Waals surface area (Å²) in [6, 6.07) is 11.5. The zero-order chi connectivity index (χ0) is 19.8. The first-order valence-corrected chi connectivity index (χ1v) is 10.2. The molecule has 2 fully saturated rings. The number of benzene rings is 1. The van der Waals surface area contributed by atoms with Crippen molar-refractivity contribution in [1.29, 1.82) is 0 Å². The van der Waals surface area contributed by atoms with E-state index in [2.05, 4.69) is 15.3 Å². The summed E-state index contributed by atoms with van der Waals surface area (Å²) >= 11 is 6.05. The maximum Gasteiger partial charge on any atom is 0.242 e. The molecule has 148 valence electrons. The summed E-state index contributed by atoms with van der Waals surface area (Å²) in [5, 5.41) is 4.02. The van der Waals surface area contributed by atoms with Gasteiger partial charge in [0.25, 0.3) is 0 Å². The molecule has 1 aromatic carbocycles. The van der Waals surface area contributed by atoms with Gasteiger partial charge >= 0.3 is 0 Å². The number of aromatic nitrogens is 3. The minimum Gasteiger partial charge on any atom is -0.340 e. The standard InChI is InChI=1S/C22H22ClN5O/c23-18-3-1-16(2-4-18)20-21(17-5-8-24-9-6-17)28(15-26-20)11-19(29)27-10-7-22(14-27)12-25-13-22/h1-6,8-9,15,25H,7,10-14H2. The predicted molar refractivity (Wildman–Crippen MR) is 112 cm³/mol. The molecule has 2 aromatic heterocycles. The van der Waals surface area contributed by atoms with Gasteiger partial charge in [0.15, 0.2) is 0 Å². The Bertz CT molecular complexity index is 1030. The molecule has 2 saturated heterocycles. The smallest absolute Gasteiger partial charge is 0.242 e. The molecule has 1 amide bonds. The van der Waals surface area contributed by atoms with E-state index < -0.39 is 0 Å². The monoisotopic (exact) mass is 407 g/mol. The number of hydrogen-bond acceptors (Lipinski definition) is 4. The third-order valence-electron chi connectivity index (χ3n) is 6.01. The molecule has 1 spiro atoms. The van der Waals surface area contributed by atoms with Crippen LogP contribution in [0.25, 0.3) is 22.5 Å². The van der Waals surface area contributed by atoms with Crippen LogP contribution in [0.4, 0.5) is 0 Å². The van der Waals surface area contributed by atoms with Gasteiger partial charge in [0.2, 0.25) is 5.91 Å². The highest BCUT2D eigenvalue weighted by atomic mass is 35.5. The number of rotatable bonds is 4. The molecule has 0 unspecified atom stereocenters. The fourth-order valence-electron chi connectivity index (χ4n) is 4.29. The zero-order valence-electron chi connectivity index (χ0n) is 16.0. The van der Waals surface area contributed by atoms with Gasteiger partial charge in [-0.15, -0.1) is 0 Å². The first-order chi connectivity index (χ1) is 14.1. The van der Waals surface area contributed by atoms with Crippen LogP contribution in [0.3, 0.4) is 0 Å². The number of carbonyl (C=O) groups excluding carboxylic acids is 1. The van der Waals surface area contributed by atoms with Crippen molar-refractivity contribution in [2.45, 2.75) is 13.0 Å². The summed E-state index contributed by atoms with van der Waals surface area (Å²) in [6.07, 6.45) is 6.36. The number of nitrogens with zero attached hydrogens (tertiary/aromatic N) is 4. The van der Waals surface area contributed by atoms with Gasteiger partial charge in [-0.1, -0.05) is 23.7 Å². The number of likely N-dealkylation sites (tertiary alicyclic amines) is 1. The second-order valence-electron chi connectivity index (χ2n) is 7.98. The highest BCUT2D eigenvalue weighted by Gasteiger charge is 2.44. The van der Waals surface area contributed by atoms with Gasteiger partial charge in [0, 0.05) is 60.1 Å². The van der Waals surface area contributed by atoms with E-state index in [4.69, 9.17) is 11.6 Å². The Morgan fingerprint density at radius 2 is 1.86 bits per heavy atom. The molecule has 6 nitrogen and oxygen atoms in total. The van der Waals surface area contributed by atoms with Crippen molar-refractivity contribution in [1.82, 2.24) is 24.8 Å². The Balaban J connectivity index is 1.46. The lowest BCUT2D eigenvalue weighted by Gasteiger charge is -2.39. The lowest BCUT2D eigenvalue weighted by molar-refractivity contribution is -0.131. The van der Waals surface area contributed by atoms with Crippen molar-refractivity contribution < 1.29 is 4.79 Å². The van der Waals surface area contributed by atoms with E-state index in [9.17, 15) is 4.79 Å². The summed E-state index contributed by atoms with van der Waals surface area (Å²) in [5.74, 6) is 0.143. The first kappa shape index (κ1) is 18.3. The molecule has 3 aromatic rings. The molecular formula is C22H22ClN5O. The normalized spacial score (nSPS) is 17.5. The molecule has 2 aliphatic heterocycles. The SMILES string of the molecule is O=C(Cn1cnc(-c2ccc(Cl)cc2)c1-c1ccncc1)N1CCC2(CNC2)C1. The maximum absolute atomic E-state index is 13.0. The first-order valence-electron chi connectivity index (χ1n) is 9.84. The molecule has 0 saturated carbocycles. The Hall–Kier alpha value is -2.70. The zero-order valence-corrected chi connectivity index (χ0v) is 16.8. The number of pyridine rings is 1. The van der Waals surface area contributed by atoms with Crippen LogP contribution in [-0.2, 0) is 11.3 Å². The van der Waals surface area contributed by atoms with Gasteiger partial charge in [-0.25, -0.2) is 4.98 Å². The summed E-state index contributed by atoms with van der Waals surface area (Å²) in [7, 11) is 0. The van der Waals surface area contributed by atoms with Crippen LogP contribution in [0.1, 0.15) is 6.42 Å². The van der Waals surface area contributed by atoms with E-state index in [-0.39, 0.29) is 12.5 Å². The number of halogens is 1. The van der Waals surface area contributed by atoms with Crippen molar-refractivity contribution in [2.24, 2.45) is 5.41 Å². The maximum atomic E-state index is 13.0. The molecule has 0 aliphatic carbocycles. The van der Waals surface area contributed by atoms with Crippen LogP contribution in [0.2, 0.25) is 5.02 Å². The van der Waals surface area contributed by atoms with Gasteiger partial charge < -0.3 is 14.8 Å². The van der Waals surface area contributed by atoms with E-state index in [1.165, 1.54) is 0 Å². The molecule has 29 heavy (non-hydrogen) atoms. The molecule has 0 bridgehead atoms. The van der Waals surface area contributed by atoms with Crippen LogP contribution in [-0.4, -0.2) is 51.5 Å². The van der Waals surface area contributed by atoms with Crippen LogP contribution in [0.5, 0.6) is 0 Å². The molecule has 2 aliphatic rings. The third-order valence-corrected chi connectivity index (χ3v) is 6.26. The summed E-state index contributed by atoms with van der Waals surface area (Å²) in [4.78, 5) is 23.8. The van der Waals surface area contributed by atoms with Crippen LogP contribution in [0.15, 0.2) is 55.1 Å². The molecule has 0 radical (unpaired) electrons. The van der Waals surface area contributed by atoms with Crippen molar-refractivity contribution in [3.8, 4) is 22.5 Å². The van der Waals surface area contributed by atoms with Crippen LogP contribution >= 0.6 is 11.6 Å². The minimum absolute atomic E-state index is 0.143. The number of amides is 1. The number of nitrogens with one attached hydrogen (secondary N) is 1. The van der Waals surface area contributed by atoms with E-state index in [0.29, 0.717) is 10.4 Å². The van der Waals surface area contributed by atoms with Crippen molar-refractivity contribution in [2.75, 3.05) is 26.2 Å². The third kappa shape index (κ3) is 3.43. The fraction of sp³-hybridized carbons (Fsp3) is 0.318. The molecule has 4 heterocycles. The van der Waals surface area contributed by atoms with E-state index >= 15 is 0 Å². The lowest BCUT2D eigenvalue weighted by Crippen LogP contribution is -2.55. The summed E-state index contributed by atoms with van der Waals surface area (Å²) in [5.41, 5.74) is 4.00. The minimum atomic E-state index is 0.143. The Morgan fingerprint density at radius 3 is 2.52 bits per heavy atom. The average Bonchev–Trinajstić information content (AvgIpc) is 3.34. The van der Waals surface area contributed by atoms with Gasteiger partial charge in [-0.05, 0) is 30.7 Å². The van der Waals surface area contributed by atoms with Gasteiger partial charge in [-0.2, -0.15) is 0 Å². The number of hydrogen-bond donors (Lipinski definition) is 1. The van der Waals surface area contributed by atoms with E-state index in [1.807, 2.05) is 45.9 Å². The van der Waals surface area contributed by atoms with Gasteiger partial charge in [0.05, 0.1) is 17.7 Å². The summed E-state index contributed by atoms with van der Waals surface area (Å²) in [6.45, 7) is 4.00. The molecule has 1 N–H and O–H groups in total. The Morgan fingerprint density at radius 1 is 1.10 bits per heavy atom. The highest BCUT2D eigenvalue weighted by molar-refractivity contribution is 6.30. The molecule has 7 heteroatoms. The Labute approximate surface area is 174 Å². The second kappa shape index (κ2) is 7.28. The lowest BCUT2D eigenvalue weighted by atomic mass is 9.81. The molecular weight excluding hydrogens is 386 g/mol. The Kier molecular flexibility index (Phi) is 4.60. The number of imidazole rings is 1. The topological polar surface area (TPSA) is 63.1 Å². The number of carbonyl (C=O) groups is 1. The fourth-order valence-corrected chi connectivity index (χ4v) is 4.42. The van der Waals surface area contributed by atoms with Crippen LogP contribution < -0.4 is 5.32 Å². The van der Waals surface area contributed by atoms with Crippen molar-refractivity contribution in [3.05, 3.63) is 60.1 Å². The largest absolute Gasteiger partial charge is 0.340 e. The van der Waals surface area contributed by atoms with Gasteiger partial charge in [-0.3, -0.25) is 9.78 Å². The van der Waals surface area contributed by atoms with Crippen molar-refractivity contribution >= 4 is 17.5 Å². The highest BCUT2D eigenvalue weighted by Crippen LogP contribution is 2.35. The summed E-state index contributed by atoms with van der Waals surface area (Å²) < 4.78 is 1.95. The predicted octanol–water partition coefficient (Wildman–Crippen LogP) is 3.09. The van der Waals surface area contributed by atoms with Gasteiger partial charge in [0.1, 0.15) is 6.54 Å². The quantitative estimate of drug-likeness (QED) is 0.721. The second-order valence-corrected chi connectivity index (χ2v) is 8.42. The van der Waals surface area contributed by atoms with E-state index in [0.717, 1.165) is 55.1 Å². The van der Waals surface area contributed by atoms with Crippen molar-refractivity contribution in [3.63, 3.8) is 0 Å². The average molecular weight is 408 g/mol. The molecule has 5 rings (SSSR count).